The predicted molar refractivity (Wildman–Crippen MR) is 87.0 cm³/mol. The molecule has 1 atom stereocenters. The predicted octanol–water partition coefficient (Wildman–Crippen LogP) is 1.79. The summed E-state index contributed by atoms with van der Waals surface area (Å²) in [4.78, 5) is 11.9. The summed E-state index contributed by atoms with van der Waals surface area (Å²) in [6.45, 7) is 2.90. The Labute approximate surface area is 130 Å². The van der Waals surface area contributed by atoms with E-state index in [1.807, 2.05) is 31.4 Å². The topological polar surface area (TPSA) is 73.6 Å². The first-order valence-corrected chi connectivity index (χ1v) is 8.33. The summed E-state index contributed by atoms with van der Waals surface area (Å²) in [6, 6.07) is 5.15. The summed E-state index contributed by atoms with van der Waals surface area (Å²) in [7, 11) is 1.60. The Balaban J connectivity index is 2.58. The fourth-order valence-electron chi connectivity index (χ4n) is 1.80. The van der Waals surface area contributed by atoms with Crippen molar-refractivity contribution in [3.8, 4) is 11.5 Å². The van der Waals surface area contributed by atoms with E-state index in [9.17, 15) is 4.79 Å². The van der Waals surface area contributed by atoms with Gasteiger partial charge in [-0.1, -0.05) is 6.07 Å². The lowest BCUT2D eigenvalue weighted by atomic mass is 10.2. The molecular formula is C15H24N2O3S. The van der Waals surface area contributed by atoms with Gasteiger partial charge in [-0.15, -0.1) is 0 Å². The average Bonchev–Trinajstić information content (AvgIpc) is 2.50. The molecular weight excluding hydrogens is 288 g/mol. The van der Waals surface area contributed by atoms with Crippen molar-refractivity contribution in [3.05, 3.63) is 23.8 Å². The smallest absolute Gasteiger partial charge is 0.237 e. The third-order valence-electron chi connectivity index (χ3n) is 2.96. The molecule has 0 aliphatic heterocycles. The van der Waals surface area contributed by atoms with E-state index in [1.54, 1.807) is 18.9 Å². The van der Waals surface area contributed by atoms with E-state index in [1.165, 1.54) is 0 Å². The van der Waals surface area contributed by atoms with Crippen molar-refractivity contribution < 1.29 is 14.3 Å². The molecule has 1 aromatic carbocycles. The largest absolute Gasteiger partial charge is 0.493 e. The molecule has 0 unspecified atom stereocenters. The summed E-state index contributed by atoms with van der Waals surface area (Å²) < 4.78 is 10.7. The quantitative estimate of drug-likeness (QED) is 0.727. The Kier molecular flexibility index (Phi) is 8.00. The third kappa shape index (κ3) is 5.85. The number of rotatable bonds is 9. The van der Waals surface area contributed by atoms with Crippen LogP contribution in [0.3, 0.4) is 0 Å². The van der Waals surface area contributed by atoms with Gasteiger partial charge in [-0.2, -0.15) is 11.8 Å². The number of carbonyl (C=O) groups excluding carboxylic acids is 1. The van der Waals surface area contributed by atoms with Crippen LogP contribution in [0.2, 0.25) is 0 Å². The molecule has 0 fully saturated rings. The van der Waals surface area contributed by atoms with Crippen molar-refractivity contribution in [1.82, 2.24) is 5.32 Å². The molecule has 0 spiro atoms. The van der Waals surface area contributed by atoms with Crippen molar-refractivity contribution in [2.24, 2.45) is 5.73 Å². The number of ether oxygens (including phenoxy) is 2. The van der Waals surface area contributed by atoms with Crippen LogP contribution in [-0.4, -0.2) is 37.7 Å². The molecule has 0 aromatic heterocycles. The van der Waals surface area contributed by atoms with Gasteiger partial charge in [0.25, 0.3) is 0 Å². The number of hydrogen-bond acceptors (Lipinski definition) is 5. The van der Waals surface area contributed by atoms with Gasteiger partial charge in [-0.25, -0.2) is 0 Å². The summed E-state index contributed by atoms with van der Waals surface area (Å²) in [5.74, 6) is 2.12. The van der Waals surface area contributed by atoms with E-state index in [0.717, 1.165) is 11.3 Å². The maximum atomic E-state index is 11.9. The maximum absolute atomic E-state index is 11.9. The number of methoxy groups -OCH3 is 1. The Morgan fingerprint density at radius 2 is 2.19 bits per heavy atom. The van der Waals surface area contributed by atoms with Gasteiger partial charge in [-0.05, 0) is 43.0 Å². The molecule has 21 heavy (non-hydrogen) atoms. The SMILES string of the molecule is CCOc1cc(CNC(=O)[C@@H](N)CCSC)ccc1OC. The van der Waals surface area contributed by atoms with Crippen LogP contribution >= 0.6 is 11.8 Å². The number of benzene rings is 1. The van der Waals surface area contributed by atoms with E-state index in [-0.39, 0.29) is 5.91 Å². The van der Waals surface area contributed by atoms with E-state index in [2.05, 4.69) is 5.32 Å². The van der Waals surface area contributed by atoms with Gasteiger partial charge in [0.2, 0.25) is 5.91 Å². The minimum Gasteiger partial charge on any atom is -0.493 e. The normalized spacial score (nSPS) is 11.8. The van der Waals surface area contributed by atoms with Crippen LogP contribution in [0, 0.1) is 0 Å². The number of amides is 1. The highest BCUT2D eigenvalue weighted by Crippen LogP contribution is 2.27. The van der Waals surface area contributed by atoms with Gasteiger partial charge in [0.1, 0.15) is 0 Å². The van der Waals surface area contributed by atoms with Crippen molar-refractivity contribution in [2.45, 2.75) is 25.9 Å². The van der Waals surface area contributed by atoms with Crippen LogP contribution in [-0.2, 0) is 11.3 Å². The fourth-order valence-corrected chi connectivity index (χ4v) is 2.29. The van der Waals surface area contributed by atoms with Gasteiger partial charge in [-0.3, -0.25) is 4.79 Å². The molecule has 0 bridgehead atoms. The Bertz CT molecular complexity index is 455. The highest BCUT2D eigenvalue weighted by Gasteiger charge is 2.13. The van der Waals surface area contributed by atoms with Gasteiger partial charge >= 0.3 is 0 Å². The monoisotopic (exact) mass is 312 g/mol. The van der Waals surface area contributed by atoms with E-state index >= 15 is 0 Å². The molecule has 0 radical (unpaired) electrons. The molecule has 1 amide bonds. The average molecular weight is 312 g/mol. The Morgan fingerprint density at radius 3 is 2.81 bits per heavy atom. The molecule has 1 aromatic rings. The van der Waals surface area contributed by atoms with Crippen LogP contribution in [0.4, 0.5) is 0 Å². The molecule has 0 aliphatic carbocycles. The van der Waals surface area contributed by atoms with E-state index < -0.39 is 6.04 Å². The van der Waals surface area contributed by atoms with Gasteiger partial charge in [0.15, 0.2) is 11.5 Å². The van der Waals surface area contributed by atoms with E-state index in [4.69, 9.17) is 15.2 Å². The lowest BCUT2D eigenvalue weighted by molar-refractivity contribution is -0.122. The molecule has 0 saturated carbocycles. The van der Waals surface area contributed by atoms with Gasteiger partial charge in [0.05, 0.1) is 19.8 Å². The maximum Gasteiger partial charge on any atom is 0.237 e. The molecule has 118 valence electrons. The van der Waals surface area contributed by atoms with E-state index in [0.29, 0.717) is 31.1 Å². The number of thioether (sulfide) groups is 1. The van der Waals surface area contributed by atoms with Crippen molar-refractivity contribution in [2.75, 3.05) is 25.7 Å². The lowest BCUT2D eigenvalue weighted by Crippen LogP contribution is -2.40. The molecule has 5 nitrogen and oxygen atoms in total. The van der Waals surface area contributed by atoms with Crippen LogP contribution in [0.1, 0.15) is 18.9 Å². The molecule has 0 heterocycles. The Morgan fingerprint density at radius 1 is 1.43 bits per heavy atom. The first-order chi connectivity index (χ1) is 10.1. The standard InChI is InChI=1S/C15H24N2O3S/c1-4-20-14-9-11(5-6-13(14)19-2)10-17-15(18)12(16)7-8-21-3/h5-6,9,12H,4,7-8,10,16H2,1-3H3,(H,17,18)/t12-/m0/s1. The second-order valence-corrected chi connectivity index (χ2v) is 5.51. The van der Waals surface area contributed by atoms with Gasteiger partial charge < -0.3 is 20.5 Å². The van der Waals surface area contributed by atoms with Crippen LogP contribution in [0.5, 0.6) is 11.5 Å². The molecule has 6 heteroatoms. The summed E-state index contributed by atoms with van der Waals surface area (Å²) in [5.41, 5.74) is 6.77. The van der Waals surface area contributed by atoms with Crippen LogP contribution in [0.25, 0.3) is 0 Å². The second-order valence-electron chi connectivity index (χ2n) is 4.52. The lowest BCUT2D eigenvalue weighted by Gasteiger charge is -2.13. The summed E-state index contributed by atoms with van der Waals surface area (Å²) in [5, 5.41) is 2.84. The number of carbonyl (C=O) groups is 1. The highest BCUT2D eigenvalue weighted by atomic mass is 32.2. The highest BCUT2D eigenvalue weighted by molar-refractivity contribution is 7.98. The third-order valence-corrected chi connectivity index (χ3v) is 3.61. The Hall–Kier alpha value is -1.40. The first kappa shape index (κ1) is 17.7. The molecule has 3 N–H and O–H groups in total. The molecule has 0 aliphatic rings. The number of hydrogen-bond donors (Lipinski definition) is 2. The number of nitrogens with two attached hydrogens (primary N) is 1. The van der Waals surface area contributed by atoms with Crippen LogP contribution < -0.4 is 20.5 Å². The zero-order valence-electron chi connectivity index (χ0n) is 12.8. The molecule has 0 saturated heterocycles. The van der Waals surface area contributed by atoms with Crippen molar-refractivity contribution in [1.29, 1.82) is 0 Å². The zero-order valence-corrected chi connectivity index (χ0v) is 13.7. The summed E-state index contributed by atoms with van der Waals surface area (Å²) in [6.07, 6.45) is 2.68. The number of nitrogens with one attached hydrogen (secondary N) is 1. The minimum absolute atomic E-state index is 0.127. The first-order valence-electron chi connectivity index (χ1n) is 6.94. The summed E-state index contributed by atoms with van der Waals surface area (Å²) >= 11 is 1.68. The van der Waals surface area contributed by atoms with Gasteiger partial charge in [0, 0.05) is 6.54 Å². The second kappa shape index (κ2) is 9.52. The fraction of sp³-hybridized carbons (Fsp3) is 0.533. The van der Waals surface area contributed by atoms with Crippen molar-refractivity contribution in [3.63, 3.8) is 0 Å². The zero-order chi connectivity index (χ0) is 15.7. The molecule has 1 rings (SSSR count). The minimum atomic E-state index is -0.456. The van der Waals surface area contributed by atoms with Crippen LogP contribution in [0.15, 0.2) is 18.2 Å². The van der Waals surface area contributed by atoms with Crippen molar-refractivity contribution >= 4 is 17.7 Å².